The van der Waals surface area contributed by atoms with E-state index in [1.807, 2.05) is 0 Å². The maximum atomic E-state index is 13.1. The Kier molecular flexibility index (Phi) is 35.7. The van der Waals surface area contributed by atoms with Crippen molar-refractivity contribution in [2.24, 2.45) is 0 Å². The first-order chi connectivity index (χ1) is 28.7. The molecule has 1 amide bonds. The summed E-state index contributed by atoms with van der Waals surface area (Å²) in [5, 5.41) is 75.7. The van der Waals surface area contributed by atoms with Crippen molar-refractivity contribution < 1.29 is 50.0 Å². The molecule has 1 saturated heterocycles. The number of aliphatic hydroxyl groups is 7. The molecule has 59 heavy (non-hydrogen) atoms. The van der Waals surface area contributed by atoms with Crippen LogP contribution in [0.5, 0.6) is 0 Å². The zero-order valence-electron chi connectivity index (χ0n) is 37.2. The molecular weight excluding hydrogens is 751 g/mol. The van der Waals surface area contributed by atoms with Crippen molar-refractivity contribution in [1.29, 1.82) is 0 Å². The zero-order chi connectivity index (χ0) is 43.4. The van der Waals surface area contributed by atoms with Gasteiger partial charge in [0.15, 0.2) is 6.29 Å². The summed E-state index contributed by atoms with van der Waals surface area (Å²) in [7, 11) is 0. The van der Waals surface area contributed by atoms with Crippen LogP contribution in [0.25, 0.3) is 0 Å². The number of unbranched alkanes of at least 4 members (excludes halogenated alkanes) is 21. The first-order valence-corrected chi connectivity index (χ1v) is 23.9. The van der Waals surface area contributed by atoms with Gasteiger partial charge in [-0.1, -0.05) is 166 Å². The van der Waals surface area contributed by atoms with Gasteiger partial charge in [-0.25, -0.2) is 0 Å². The fourth-order valence-corrected chi connectivity index (χ4v) is 7.41. The minimum atomic E-state index is -1.67. The second kappa shape index (κ2) is 38.0. The van der Waals surface area contributed by atoms with Crippen molar-refractivity contribution >= 4 is 5.91 Å². The molecule has 11 heteroatoms. The van der Waals surface area contributed by atoms with Crippen LogP contribution in [-0.2, 0) is 14.3 Å². The lowest BCUT2D eigenvalue weighted by molar-refractivity contribution is -0.303. The van der Waals surface area contributed by atoms with E-state index in [-0.39, 0.29) is 12.8 Å². The molecule has 0 aromatic heterocycles. The van der Waals surface area contributed by atoms with Crippen LogP contribution in [0.4, 0.5) is 0 Å². The number of carbonyl (C=O) groups is 1. The fraction of sp³-hybridized carbons (Fsp3) is 0.854. The highest BCUT2D eigenvalue weighted by atomic mass is 16.7. The summed E-state index contributed by atoms with van der Waals surface area (Å²) >= 11 is 0. The number of aliphatic hydroxyl groups excluding tert-OH is 7. The molecule has 1 heterocycles. The Morgan fingerprint density at radius 1 is 0.576 bits per heavy atom. The molecule has 0 aromatic carbocycles. The molecule has 0 aliphatic carbocycles. The summed E-state index contributed by atoms with van der Waals surface area (Å²) in [6, 6.07) is -1.19. The number of allylic oxidation sites excluding steroid dienone is 6. The molecular formula is C48H89NO10. The lowest BCUT2D eigenvalue weighted by Gasteiger charge is -2.40. The van der Waals surface area contributed by atoms with Gasteiger partial charge in [0, 0.05) is 0 Å². The number of carbonyl (C=O) groups excluding carboxylic acids is 1. The maximum absolute atomic E-state index is 13.1. The van der Waals surface area contributed by atoms with Crippen LogP contribution in [0.15, 0.2) is 36.5 Å². The van der Waals surface area contributed by atoms with Gasteiger partial charge in [-0.2, -0.15) is 0 Å². The van der Waals surface area contributed by atoms with Gasteiger partial charge >= 0.3 is 0 Å². The second-order valence-electron chi connectivity index (χ2n) is 16.8. The summed E-state index contributed by atoms with van der Waals surface area (Å²) < 4.78 is 11.1. The molecule has 346 valence electrons. The van der Waals surface area contributed by atoms with Gasteiger partial charge in [0.2, 0.25) is 5.91 Å². The van der Waals surface area contributed by atoms with Crippen molar-refractivity contribution in [3.8, 4) is 0 Å². The van der Waals surface area contributed by atoms with E-state index < -0.39 is 74.2 Å². The molecule has 9 atom stereocenters. The highest BCUT2D eigenvalue weighted by Gasteiger charge is 2.44. The Bertz CT molecular complexity index is 1050. The Hall–Kier alpha value is -1.67. The predicted octanol–water partition coefficient (Wildman–Crippen LogP) is 8.00. The zero-order valence-corrected chi connectivity index (χ0v) is 37.2. The molecule has 9 unspecified atom stereocenters. The summed E-state index contributed by atoms with van der Waals surface area (Å²) in [6.07, 6.45) is 31.9. The fourth-order valence-electron chi connectivity index (χ4n) is 7.41. The normalized spacial score (nSPS) is 22.1. The molecule has 1 aliphatic rings. The lowest BCUT2D eigenvalue weighted by Crippen LogP contribution is -2.60. The highest BCUT2D eigenvalue weighted by molar-refractivity contribution is 5.80. The maximum Gasteiger partial charge on any atom is 0.249 e. The molecule has 1 aliphatic heterocycles. The third-order valence-electron chi connectivity index (χ3n) is 11.4. The quantitative estimate of drug-likeness (QED) is 0.0223. The van der Waals surface area contributed by atoms with E-state index in [2.05, 4.69) is 55.6 Å². The van der Waals surface area contributed by atoms with Gasteiger partial charge in [0.1, 0.15) is 36.6 Å². The third-order valence-corrected chi connectivity index (χ3v) is 11.4. The summed E-state index contributed by atoms with van der Waals surface area (Å²) in [4.78, 5) is 13.1. The molecule has 0 aromatic rings. The predicted molar refractivity (Wildman–Crippen MR) is 238 cm³/mol. The van der Waals surface area contributed by atoms with Gasteiger partial charge in [0.25, 0.3) is 0 Å². The Morgan fingerprint density at radius 3 is 1.51 bits per heavy atom. The molecule has 8 N–H and O–H groups in total. The molecule has 1 fully saturated rings. The van der Waals surface area contributed by atoms with E-state index in [9.17, 15) is 40.5 Å². The van der Waals surface area contributed by atoms with Crippen molar-refractivity contribution in [3.05, 3.63) is 36.5 Å². The Morgan fingerprint density at radius 2 is 1.02 bits per heavy atom. The lowest BCUT2D eigenvalue weighted by atomic mass is 9.98. The topological polar surface area (TPSA) is 189 Å². The molecule has 0 radical (unpaired) electrons. The molecule has 0 spiro atoms. The summed E-state index contributed by atoms with van der Waals surface area (Å²) in [5.74, 6) is -0.713. The van der Waals surface area contributed by atoms with E-state index in [0.29, 0.717) is 19.3 Å². The van der Waals surface area contributed by atoms with Crippen LogP contribution in [0.1, 0.15) is 194 Å². The number of rotatable bonds is 39. The number of hydrogen-bond donors (Lipinski definition) is 8. The second-order valence-corrected chi connectivity index (χ2v) is 16.8. The van der Waals surface area contributed by atoms with Crippen molar-refractivity contribution in [2.45, 2.75) is 249 Å². The Balaban J connectivity index is 2.49. The first kappa shape index (κ1) is 55.3. The van der Waals surface area contributed by atoms with Crippen molar-refractivity contribution in [1.82, 2.24) is 5.32 Å². The largest absolute Gasteiger partial charge is 0.394 e. The number of amides is 1. The van der Waals surface area contributed by atoms with E-state index >= 15 is 0 Å². The molecule has 0 bridgehead atoms. The molecule has 1 rings (SSSR count). The number of nitrogens with one attached hydrogen (secondary N) is 1. The average Bonchev–Trinajstić information content (AvgIpc) is 3.23. The number of hydrogen-bond acceptors (Lipinski definition) is 10. The minimum Gasteiger partial charge on any atom is -0.394 e. The van der Waals surface area contributed by atoms with Gasteiger partial charge < -0.3 is 50.5 Å². The third kappa shape index (κ3) is 27.8. The van der Waals surface area contributed by atoms with E-state index in [1.54, 1.807) is 0 Å². The van der Waals surface area contributed by atoms with E-state index in [0.717, 1.165) is 44.9 Å². The van der Waals surface area contributed by atoms with Gasteiger partial charge in [-0.05, 0) is 64.2 Å². The van der Waals surface area contributed by atoms with Crippen LogP contribution in [0.3, 0.4) is 0 Å². The van der Waals surface area contributed by atoms with Gasteiger partial charge in [-0.3, -0.25) is 4.79 Å². The SMILES string of the molecule is CCCCCC/C=C/CC/C=C/CC/C=C/CCCC(O)C(O)C(COC1OC(CO)C(O)C(O)C1O)NC(=O)C(O)CCCCCCCCCCCCCCCCC. The number of ether oxygens (including phenoxy) is 2. The smallest absolute Gasteiger partial charge is 0.249 e. The van der Waals surface area contributed by atoms with Crippen LogP contribution < -0.4 is 5.32 Å². The van der Waals surface area contributed by atoms with Gasteiger partial charge in [-0.15, -0.1) is 0 Å². The standard InChI is InChI=1S/C48H89NO10/c1-3-5-7-9-11-13-15-17-19-20-22-23-25-27-29-31-33-35-40(51)43(53)39(38-58-48-46(56)45(55)44(54)42(37-50)59-48)49-47(57)41(52)36-34-32-30-28-26-24-21-18-16-14-12-10-8-6-4-2/h13,15,20,22,27,29,39-46,48,50-56H,3-12,14,16-19,21,23-26,28,30-38H2,1-2H3,(H,49,57)/b15-13+,22-20+,29-27+. The highest BCUT2D eigenvalue weighted by Crippen LogP contribution is 2.23. The average molecular weight is 840 g/mol. The van der Waals surface area contributed by atoms with Gasteiger partial charge in [0.05, 0.1) is 25.4 Å². The molecule has 11 nitrogen and oxygen atoms in total. The Labute approximate surface area is 358 Å². The van der Waals surface area contributed by atoms with E-state index in [1.165, 1.54) is 103 Å². The van der Waals surface area contributed by atoms with Crippen LogP contribution in [0.2, 0.25) is 0 Å². The van der Waals surface area contributed by atoms with E-state index in [4.69, 9.17) is 9.47 Å². The minimum absolute atomic E-state index is 0.242. The summed E-state index contributed by atoms with van der Waals surface area (Å²) in [5.41, 5.74) is 0. The molecule has 0 saturated carbocycles. The first-order valence-electron chi connectivity index (χ1n) is 23.9. The van der Waals surface area contributed by atoms with Crippen LogP contribution in [-0.4, -0.2) is 110 Å². The van der Waals surface area contributed by atoms with Crippen LogP contribution in [0, 0.1) is 0 Å². The van der Waals surface area contributed by atoms with Crippen molar-refractivity contribution in [2.75, 3.05) is 13.2 Å². The van der Waals surface area contributed by atoms with Crippen LogP contribution >= 0.6 is 0 Å². The summed E-state index contributed by atoms with van der Waals surface area (Å²) in [6.45, 7) is 3.40. The van der Waals surface area contributed by atoms with Crippen molar-refractivity contribution in [3.63, 3.8) is 0 Å². The monoisotopic (exact) mass is 840 g/mol.